The number of carbonyl (C=O) groups excluding carboxylic acids is 1. The Balaban J connectivity index is 0.000000236. The number of ether oxygens (including phenoxy) is 1. The fourth-order valence-corrected chi connectivity index (χ4v) is 7.33. The lowest BCUT2D eigenvalue weighted by Gasteiger charge is -2.26. The molecular formula is C29H33Cl5F2N10O4S2. The molecule has 3 N–H and O–H groups in total. The van der Waals surface area contributed by atoms with E-state index in [1.807, 2.05) is 0 Å². The van der Waals surface area contributed by atoms with Crippen LogP contribution in [0.3, 0.4) is 0 Å². The number of hydrogen-bond donors (Lipinski definition) is 3. The fraction of sp³-hybridized carbons (Fsp3) is 0.483. The Bertz CT molecular complexity index is 1980. The Morgan fingerprint density at radius 2 is 1.33 bits per heavy atom. The predicted molar refractivity (Wildman–Crippen MR) is 204 cm³/mol. The van der Waals surface area contributed by atoms with Crippen LogP contribution in [0.1, 0.15) is 20.8 Å². The molecule has 2 atom stereocenters. The normalized spacial score (nSPS) is 18.1. The number of alkyl halides is 2. The number of nitrogens with one attached hydrogen (secondary N) is 3. The average Bonchev–Trinajstić information content (AvgIpc) is 3.55. The fourth-order valence-electron chi connectivity index (χ4n) is 5.00. The predicted octanol–water partition coefficient (Wildman–Crippen LogP) is 5.97. The Morgan fingerprint density at radius 1 is 0.827 bits per heavy atom. The lowest BCUT2D eigenvalue weighted by atomic mass is 10.2. The molecule has 4 aromatic rings. The summed E-state index contributed by atoms with van der Waals surface area (Å²) >= 11 is 26.7. The monoisotopic (exact) mass is 862 g/mol. The molecule has 6 heterocycles. The SMILES string of the molecule is CC(C)(C)OC(=O)N1CCN(c2nc(-c3scnc3Cl)[nH]c(=O)c2Cl)CC(F)C1.Cl.O=c1[nH]c(-c2scnc2Cl)nc(N2CCNCC(F)C2)c1Cl. The van der Waals surface area contributed by atoms with Gasteiger partial charge in [0.15, 0.2) is 33.6 Å². The molecule has 0 aromatic carbocycles. The van der Waals surface area contributed by atoms with Crippen molar-refractivity contribution in [2.45, 2.75) is 38.7 Å². The van der Waals surface area contributed by atoms with E-state index in [1.165, 1.54) is 33.1 Å². The van der Waals surface area contributed by atoms with Crippen LogP contribution < -0.4 is 26.2 Å². The van der Waals surface area contributed by atoms with Gasteiger partial charge >= 0.3 is 6.09 Å². The summed E-state index contributed by atoms with van der Waals surface area (Å²) in [5, 5.41) is 3.21. The number of aromatic amines is 2. The molecule has 0 radical (unpaired) electrons. The van der Waals surface area contributed by atoms with Crippen molar-refractivity contribution < 1.29 is 18.3 Å². The third-order valence-corrected chi connectivity index (χ3v) is 10.4. The number of aromatic nitrogens is 6. The second kappa shape index (κ2) is 18.0. The van der Waals surface area contributed by atoms with Crippen molar-refractivity contribution in [3.63, 3.8) is 0 Å². The molecule has 2 aliphatic rings. The molecule has 2 saturated heterocycles. The van der Waals surface area contributed by atoms with E-state index in [0.29, 0.717) is 22.8 Å². The van der Waals surface area contributed by atoms with Gasteiger partial charge < -0.3 is 34.7 Å². The van der Waals surface area contributed by atoms with Crippen molar-refractivity contribution in [2.24, 2.45) is 0 Å². The summed E-state index contributed by atoms with van der Waals surface area (Å²) in [6.07, 6.45) is -3.03. The summed E-state index contributed by atoms with van der Waals surface area (Å²) < 4.78 is 33.7. The van der Waals surface area contributed by atoms with Crippen LogP contribution in [0.25, 0.3) is 21.4 Å². The summed E-state index contributed by atoms with van der Waals surface area (Å²) in [7, 11) is 0. The first-order chi connectivity index (χ1) is 24.1. The van der Waals surface area contributed by atoms with Crippen LogP contribution >= 0.6 is 81.5 Å². The van der Waals surface area contributed by atoms with Crippen LogP contribution in [0, 0.1) is 0 Å². The number of halogens is 7. The van der Waals surface area contributed by atoms with Crippen LogP contribution in [-0.2, 0) is 4.74 Å². The second-order valence-corrected chi connectivity index (χ2v) is 15.4. The number of rotatable bonds is 4. The van der Waals surface area contributed by atoms with Gasteiger partial charge in [-0.2, -0.15) is 0 Å². The molecule has 0 saturated carbocycles. The molecule has 1 amide bonds. The molecule has 2 fully saturated rings. The van der Waals surface area contributed by atoms with Crippen molar-refractivity contribution in [2.75, 3.05) is 62.2 Å². The topological polar surface area (TPSA) is 165 Å². The molecule has 0 aliphatic carbocycles. The number of nitrogens with zero attached hydrogens (tertiary/aromatic N) is 7. The Labute approximate surface area is 330 Å². The number of anilines is 2. The molecule has 52 heavy (non-hydrogen) atoms. The van der Waals surface area contributed by atoms with Gasteiger partial charge in [-0.25, -0.2) is 33.5 Å². The summed E-state index contributed by atoms with van der Waals surface area (Å²) in [5.41, 5.74) is 1.33. The van der Waals surface area contributed by atoms with Gasteiger partial charge in [0.1, 0.15) is 37.7 Å². The van der Waals surface area contributed by atoms with E-state index in [2.05, 4.69) is 35.2 Å². The maximum absolute atomic E-state index is 14.6. The molecule has 23 heteroatoms. The highest BCUT2D eigenvalue weighted by Gasteiger charge is 2.31. The van der Waals surface area contributed by atoms with Gasteiger partial charge in [-0.3, -0.25) is 9.59 Å². The van der Waals surface area contributed by atoms with E-state index >= 15 is 0 Å². The summed E-state index contributed by atoms with van der Waals surface area (Å²) in [6.45, 7) is 6.93. The zero-order valence-corrected chi connectivity index (χ0v) is 33.2. The van der Waals surface area contributed by atoms with Crippen LogP contribution in [0.2, 0.25) is 20.4 Å². The third kappa shape index (κ3) is 10.4. The van der Waals surface area contributed by atoms with Crippen molar-refractivity contribution in [1.29, 1.82) is 0 Å². The van der Waals surface area contributed by atoms with Gasteiger partial charge in [-0.1, -0.05) is 46.4 Å². The van der Waals surface area contributed by atoms with Crippen molar-refractivity contribution in [3.8, 4) is 21.4 Å². The van der Waals surface area contributed by atoms with E-state index in [4.69, 9.17) is 51.1 Å². The van der Waals surface area contributed by atoms with E-state index in [0.717, 1.165) is 0 Å². The zero-order valence-electron chi connectivity index (χ0n) is 27.7. The van der Waals surface area contributed by atoms with Gasteiger partial charge in [0.2, 0.25) is 0 Å². The minimum Gasteiger partial charge on any atom is -0.444 e. The quantitative estimate of drug-likeness (QED) is 0.222. The first-order valence-electron chi connectivity index (χ1n) is 15.4. The van der Waals surface area contributed by atoms with Crippen LogP contribution in [0.4, 0.5) is 25.2 Å². The van der Waals surface area contributed by atoms with Crippen molar-refractivity contribution >= 4 is 99.2 Å². The summed E-state index contributed by atoms with van der Waals surface area (Å²) in [5.74, 6) is 0.870. The maximum atomic E-state index is 14.6. The molecule has 0 bridgehead atoms. The van der Waals surface area contributed by atoms with Crippen LogP contribution in [0.15, 0.2) is 20.6 Å². The van der Waals surface area contributed by atoms with E-state index < -0.39 is 35.2 Å². The number of amides is 1. The molecular weight excluding hydrogens is 832 g/mol. The van der Waals surface area contributed by atoms with Gasteiger partial charge in [-0.15, -0.1) is 35.1 Å². The Hall–Kier alpha value is -2.84. The van der Waals surface area contributed by atoms with E-state index in [-0.39, 0.29) is 95.3 Å². The molecule has 284 valence electrons. The van der Waals surface area contributed by atoms with Crippen molar-refractivity contribution in [1.82, 2.24) is 40.1 Å². The summed E-state index contributed by atoms with van der Waals surface area (Å²) in [4.78, 5) is 64.0. The number of hydrogen-bond acceptors (Lipinski definition) is 13. The minimum atomic E-state index is -1.38. The third-order valence-electron chi connectivity index (χ3n) is 7.24. The van der Waals surface area contributed by atoms with Gasteiger partial charge in [0.25, 0.3) is 11.1 Å². The van der Waals surface area contributed by atoms with Crippen LogP contribution in [-0.4, -0.2) is 111 Å². The standard InChI is InChI=1S/C17H20Cl2FN5O3S.C12H12Cl2FN5OS.ClH/c1-17(2,3)28-16(27)25-5-4-24(6-9(20)7-25)14-10(18)15(26)23-13(22-14)11-12(19)21-8-29-11;13-7-11(20-2-1-16-3-6(15)4-20)18-10(19-12(7)21)8-9(14)17-5-22-8;/h8-9H,4-7H2,1-3H3,(H,22,23,26);5-6,16H,1-4H2,(H,18,19,21);1H. The molecule has 2 unspecified atom stereocenters. The average molecular weight is 865 g/mol. The zero-order chi connectivity index (χ0) is 37.0. The van der Waals surface area contributed by atoms with E-state index in [1.54, 1.807) is 36.1 Å². The number of carbonyl (C=O) groups is 1. The first kappa shape index (κ1) is 41.9. The Morgan fingerprint density at radius 3 is 1.81 bits per heavy atom. The smallest absolute Gasteiger partial charge is 0.410 e. The molecule has 6 rings (SSSR count). The van der Waals surface area contributed by atoms with Crippen molar-refractivity contribution in [3.05, 3.63) is 52.1 Å². The summed E-state index contributed by atoms with van der Waals surface area (Å²) in [6, 6.07) is 0. The molecule has 2 aliphatic heterocycles. The lowest BCUT2D eigenvalue weighted by Crippen LogP contribution is -2.40. The van der Waals surface area contributed by atoms with E-state index in [9.17, 15) is 23.2 Å². The number of thiazole rings is 2. The highest BCUT2D eigenvalue weighted by molar-refractivity contribution is 7.14. The highest BCUT2D eigenvalue weighted by atomic mass is 35.5. The molecule has 0 spiro atoms. The first-order valence-corrected chi connectivity index (χ1v) is 18.6. The number of H-pyrrole nitrogens is 2. The second-order valence-electron chi connectivity index (χ2n) is 12.3. The highest BCUT2D eigenvalue weighted by Crippen LogP contribution is 2.32. The van der Waals surface area contributed by atoms with Gasteiger partial charge in [0, 0.05) is 32.7 Å². The van der Waals surface area contributed by atoms with Gasteiger partial charge in [0.05, 0.1) is 30.7 Å². The largest absolute Gasteiger partial charge is 0.444 e. The molecule has 4 aromatic heterocycles. The lowest BCUT2D eigenvalue weighted by molar-refractivity contribution is 0.0229. The Kier molecular flexibility index (Phi) is 14.5. The minimum absolute atomic E-state index is 0. The van der Waals surface area contributed by atoms with Crippen LogP contribution in [0.5, 0.6) is 0 Å². The van der Waals surface area contributed by atoms with Gasteiger partial charge in [-0.05, 0) is 20.8 Å². The molecule has 14 nitrogen and oxygen atoms in total. The maximum Gasteiger partial charge on any atom is 0.410 e.